The molecule has 3 fully saturated rings. The zero-order valence-electron chi connectivity index (χ0n) is 21.2. The summed E-state index contributed by atoms with van der Waals surface area (Å²) in [5.41, 5.74) is 1.81. The first-order valence-electron chi connectivity index (χ1n) is 13.6. The van der Waals surface area contributed by atoms with E-state index in [0.29, 0.717) is 17.5 Å². The van der Waals surface area contributed by atoms with Crippen molar-refractivity contribution in [3.8, 4) is 0 Å². The van der Waals surface area contributed by atoms with Crippen molar-refractivity contribution in [2.75, 3.05) is 45.8 Å². The molecule has 1 aliphatic carbocycles. The molecule has 36 heavy (non-hydrogen) atoms. The third-order valence-electron chi connectivity index (χ3n) is 7.98. The molecule has 2 aliphatic heterocycles. The van der Waals surface area contributed by atoms with Crippen molar-refractivity contribution in [2.45, 2.75) is 50.9 Å². The van der Waals surface area contributed by atoms with Crippen LogP contribution in [0.15, 0.2) is 41.8 Å². The Labute approximate surface area is 219 Å². The van der Waals surface area contributed by atoms with Crippen LogP contribution in [0.2, 0.25) is 0 Å². The molecule has 0 unspecified atom stereocenters. The Hall–Kier alpha value is -2.51. The lowest BCUT2D eigenvalue weighted by Gasteiger charge is -2.34. The van der Waals surface area contributed by atoms with E-state index >= 15 is 0 Å². The zero-order valence-corrected chi connectivity index (χ0v) is 22.0. The number of thiazole rings is 1. The van der Waals surface area contributed by atoms with Gasteiger partial charge in [0.25, 0.3) is 5.91 Å². The third kappa shape index (κ3) is 6.24. The van der Waals surface area contributed by atoms with Crippen LogP contribution < -0.4 is 0 Å². The van der Waals surface area contributed by atoms with E-state index in [1.807, 2.05) is 16.3 Å². The highest BCUT2D eigenvalue weighted by atomic mass is 32.1. The number of carbonyl (C=O) groups is 2. The minimum atomic E-state index is 0.0573. The predicted octanol–water partition coefficient (Wildman–Crippen LogP) is 4.90. The number of hydrogen-bond acceptors (Lipinski definition) is 5. The molecule has 0 N–H and O–H groups in total. The van der Waals surface area contributed by atoms with Gasteiger partial charge in [0.05, 0.1) is 5.01 Å². The van der Waals surface area contributed by atoms with E-state index in [1.165, 1.54) is 24.8 Å². The van der Waals surface area contributed by atoms with Gasteiger partial charge < -0.3 is 9.80 Å². The quantitative estimate of drug-likeness (QED) is 0.559. The van der Waals surface area contributed by atoms with E-state index in [-0.39, 0.29) is 11.8 Å². The van der Waals surface area contributed by atoms with Crippen LogP contribution in [0.4, 0.5) is 0 Å². The molecule has 6 nitrogen and oxygen atoms in total. The highest BCUT2D eigenvalue weighted by Crippen LogP contribution is 2.33. The molecule has 3 heterocycles. The molecule has 5 rings (SSSR count). The Balaban J connectivity index is 1.07. The fraction of sp³-hybridized carbons (Fsp3) is 0.552. The van der Waals surface area contributed by atoms with Gasteiger partial charge >= 0.3 is 0 Å². The molecule has 0 atom stereocenters. The molecular formula is C29H38N4O2S. The number of rotatable bonds is 6. The Kier molecular flexibility index (Phi) is 8.49. The Morgan fingerprint density at radius 3 is 2.33 bits per heavy atom. The van der Waals surface area contributed by atoms with Crippen LogP contribution >= 0.6 is 11.3 Å². The van der Waals surface area contributed by atoms with Gasteiger partial charge in [-0.2, -0.15) is 0 Å². The summed E-state index contributed by atoms with van der Waals surface area (Å²) in [6, 6.07) is 10.3. The number of nitrogens with zero attached hydrogens (tertiary/aromatic N) is 4. The van der Waals surface area contributed by atoms with Crippen molar-refractivity contribution >= 4 is 29.2 Å². The first-order chi connectivity index (χ1) is 17.7. The molecule has 3 aliphatic rings. The summed E-state index contributed by atoms with van der Waals surface area (Å²) in [5.74, 6) is 1.04. The molecule has 2 aromatic rings. The summed E-state index contributed by atoms with van der Waals surface area (Å²) in [5, 5.41) is 3.00. The maximum Gasteiger partial charge on any atom is 0.273 e. The first-order valence-corrected chi connectivity index (χ1v) is 14.5. The van der Waals surface area contributed by atoms with E-state index in [2.05, 4.69) is 46.2 Å². The molecule has 1 saturated carbocycles. The SMILES string of the molecule is O=C(c1csc(C2CCN(C(=O)C3CCCCC3)CC2)n1)N1CCN(C/C=C\c2ccccc2)CC1. The van der Waals surface area contributed by atoms with Gasteiger partial charge in [0.2, 0.25) is 5.91 Å². The Morgan fingerprint density at radius 2 is 1.61 bits per heavy atom. The van der Waals surface area contributed by atoms with Crippen molar-refractivity contribution < 1.29 is 9.59 Å². The fourth-order valence-electron chi connectivity index (χ4n) is 5.73. The molecule has 0 radical (unpaired) electrons. The lowest BCUT2D eigenvalue weighted by atomic mass is 9.87. The third-order valence-corrected chi connectivity index (χ3v) is 8.99. The van der Waals surface area contributed by atoms with Crippen LogP contribution in [0.25, 0.3) is 6.08 Å². The van der Waals surface area contributed by atoms with Gasteiger partial charge in [0, 0.05) is 63.0 Å². The van der Waals surface area contributed by atoms with E-state index in [1.54, 1.807) is 11.3 Å². The minimum absolute atomic E-state index is 0.0573. The molecule has 1 aromatic carbocycles. The number of benzene rings is 1. The van der Waals surface area contributed by atoms with E-state index < -0.39 is 0 Å². The smallest absolute Gasteiger partial charge is 0.273 e. The van der Waals surface area contributed by atoms with Gasteiger partial charge in [-0.25, -0.2) is 4.98 Å². The Bertz CT molecular complexity index is 1030. The van der Waals surface area contributed by atoms with E-state index in [0.717, 1.165) is 76.5 Å². The second kappa shape index (κ2) is 12.2. The lowest BCUT2D eigenvalue weighted by Crippen LogP contribution is -2.48. The number of piperidine rings is 1. The molecule has 1 aromatic heterocycles. The first kappa shape index (κ1) is 25.2. The second-order valence-corrected chi connectivity index (χ2v) is 11.3. The highest BCUT2D eigenvalue weighted by molar-refractivity contribution is 7.09. The molecule has 192 valence electrons. The average Bonchev–Trinajstić information content (AvgIpc) is 3.44. The van der Waals surface area contributed by atoms with Crippen LogP contribution in [0.1, 0.15) is 71.9 Å². The van der Waals surface area contributed by atoms with Gasteiger partial charge in [-0.1, -0.05) is 61.7 Å². The van der Waals surface area contributed by atoms with Gasteiger partial charge in [0.1, 0.15) is 5.69 Å². The number of hydrogen-bond donors (Lipinski definition) is 0. The highest BCUT2D eigenvalue weighted by Gasteiger charge is 2.31. The van der Waals surface area contributed by atoms with Crippen LogP contribution in [-0.2, 0) is 4.79 Å². The topological polar surface area (TPSA) is 56.8 Å². The van der Waals surface area contributed by atoms with Crippen LogP contribution in [-0.4, -0.2) is 77.3 Å². The summed E-state index contributed by atoms with van der Waals surface area (Å²) >= 11 is 1.61. The predicted molar refractivity (Wildman–Crippen MR) is 145 cm³/mol. The van der Waals surface area contributed by atoms with Crippen LogP contribution in [0.5, 0.6) is 0 Å². The summed E-state index contributed by atoms with van der Waals surface area (Å²) in [6.07, 6.45) is 12.1. The van der Waals surface area contributed by atoms with Gasteiger partial charge in [-0.05, 0) is 31.2 Å². The molecule has 0 spiro atoms. The second-order valence-electron chi connectivity index (χ2n) is 10.4. The largest absolute Gasteiger partial charge is 0.342 e. The van der Waals surface area contributed by atoms with Crippen molar-refractivity contribution in [3.05, 3.63) is 58.1 Å². The molecular weight excluding hydrogens is 468 g/mol. The van der Waals surface area contributed by atoms with Crippen molar-refractivity contribution in [1.82, 2.24) is 19.7 Å². The average molecular weight is 507 g/mol. The standard InChI is InChI=1S/C29H38N4O2S/c34-28(25-11-5-2-6-12-25)32-16-13-24(14-17-32)27-30-26(22-36-27)29(35)33-20-18-31(19-21-33)15-7-10-23-8-3-1-4-9-23/h1,3-4,7-10,22,24-25H,2,5-6,11-21H2/b10-7-. The van der Waals surface area contributed by atoms with Crippen LogP contribution in [0, 0.1) is 5.92 Å². The number of aromatic nitrogens is 1. The van der Waals surface area contributed by atoms with Crippen molar-refractivity contribution in [2.24, 2.45) is 5.92 Å². The summed E-state index contributed by atoms with van der Waals surface area (Å²) < 4.78 is 0. The maximum atomic E-state index is 13.1. The fourth-order valence-corrected chi connectivity index (χ4v) is 6.69. The van der Waals surface area contributed by atoms with Gasteiger partial charge in [-0.15, -0.1) is 11.3 Å². The van der Waals surface area contributed by atoms with E-state index in [9.17, 15) is 9.59 Å². The van der Waals surface area contributed by atoms with Gasteiger partial charge in [0.15, 0.2) is 0 Å². The van der Waals surface area contributed by atoms with Crippen LogP contribution in [0.3, 0.4) is 0 Å². The van der Waals surface area contributed by atoms with Crippen molar-refractivity contribution in [3.63, 3.8) is 0 Å². The summed E-state index contributed by atoms with van der Waals surface area (Å²) in [7, 11) is 0. The molecule has 0 bridgehead atoms. The molecule has 2 saturated heterocycles. The monoisotopic (exact) mass is 506 g/mol. The normalized spacial score (nSPS) is 20.8. The molecule has 7 heteroatoms. The summed E-state index contributed by atoms with van der Waals surface area (Å²) in [4.78, 5) is 37.2. The maximum absolute atomic E-state index is 13.1. The minimum Gasteiger partial charge on any atom is -0.342 e. The Morgan fingerprint density at radius 1 is 0.889 bits per heavy atom. The zero-order chi connectivity index (χ0) is 24.7. The molecule has 2 amide bonds. The summed E-state index contributed by atoms with van der Waals surface area (Å²) in [6.45, 7) is 5.80. The number of piperazine rings is 1. The lowest BCUT2D eigenvalue weighted by molar-refractivity contribution is -0.137. The van der Waals surface area contributed by atoms with E-state index in [4.69, 9.17) is 4.98 Å². The number of likely N-dealkylation sites (tertiary alicyclic amines) is 1. The number of carbonyl (C=O) groups excluding carboxylic acids is 2. The van der Waals surface area contributed by atoms with Crippen molar-refractivity contribution in [1.29, 1.82) is 0 Å². The number of amides is 2. The van der Waals surface area contributed by atoms with Gasteiger partial charge in [-0.3, -0.25) is 14.5 Å².